The van der Waals surface area contributed by atoms with Crippen molar-refractivity contribution >= 4 is 17.9 Å². The fourth-order valence-corrected chi connectivity index (χ4v) is 5.79. The predicted octanol–water partition coefficient (Wildman–Crippen LogP) is 15.7. The number of carbonyl (C=O) groups is 3. The molecule has 1 unspecified atom stereocenters. The smallest absolute Gasteiger partial charge is 0.306 e. The highest BCUT2D eigenvalue weighted by Crippen LogP contribution is 2.11. The Bertz CT molecular complexity index is 1440. The molecule has 0 saturated heterocycles. The molecule has 0 N–H and O–H groups in total. The van der Waals surface area contributed by atoms with Gasteiger partial charge in [0.05, 0.1) is 0 Å². The van der Waals surface area contributed by atoms with Gasteiger partial charge < -0.3 is 14.2 Å². The zero-order chi connectivity index (χ0) is 45.1. The van der Waals surface area contributed by atoms with Crippen molar-refractivity contribution in [1.29, 1.82) is 0 Å². The number of hydrogen-bond donors (Lipinski definition) is 0. The van der Waals surface area contributed by atoms with Crippen LogP contribution < -0.4 is 0 Å². The Labute approximate surface area is 378 Å². The molecule has 62 heavy (non-hydrogen) atoms. The predicted molar refractivity (Wildman–Crippen MR) is 265 cm³/mol. The lowest BCUT2D eigenvalue weighted by Crippen LogP contribution is -2.30. The van der Waals surface area contributed by atoms with Crippen LogP contribution in [0.5, 0.6) is 0 Å². The maximum Gasteiger partial charge on any atom is 0.306 e. The Morgan fingerprint density at radius 1 is 0.339 bits per heavy atom. The number of hydrogen-bond acceptors (Lipinski definition) is 6. The van der Waals surface area contributed by atoms with Crippen molar-refractivity contribution in [2.75, 3.05) is 13.2 Å². The van der Waals surface area contributed by atoms with E-state index < -0.39 is 12.1 Å². The zero-order valence-electron chi connectivity index (χ0n) is 39.1. The van der Waals surface area contributed by atoms with Gasteiger partial charge in [-0.1, -0.05) is 224 Å². The summed E-state index contributed by atoms with van der Waals surface area (Å²) >= 11 is 0. The van der Waals surface area contributed by atoms with Gasteiger partial charge in [-0.15, -0.1) is 0 Å². The van der Waals surface area contributed by atoms with Crippen LogP contribution in [-0.2, 0) is 28.6 Å². The van der Waals surface area contributed by atoms with E-state index in [0.717, 1.165) is 57.8 Å². The van der Waals surface area contributed by atoms with Gasteiger partial charge >= 0.3 is 17.9 Å². The first-order valence-electron chi connectivity index (χ1n) is 24.0. The number of carbonyl (C=O) groups excluding carboxylic acids is 3. The van der Waals surface area contributed by atoms with Crippen molar-refractivity contribution in [3.8, 4) is 0 Å². The first-order chi connectivity index (χ1) is 30.5. The van der Waals surface area contributed by atoms with Crippen molar-refractivity contribution in [3.05, 3.63) is 146 Å². The highest BCUT2D eigenvalue weighted by atomic mass is 16.6. The quantitative estimate of drug-likeness (QED) is 0.0264. The molecule has 0 fully saturated rings. The minimum atomic E-state index is -0.856. The van der Waals surface area contributed by atoms with E-state index in [1.165, 1.54) is 51.4 Å². The van der Waals surface area contributed by atoms with Gasteiger partial charge in [0, 0.05) is 19.3 Å². The van der Waals surface area contributed by atoms with Gasteiger partial charge in [-0.05, 0) is 70.6 Å². The van der Waals surface area contributed by atoms with Gasteiger partial charge in [-0.3, -0.25) is 14.4 Å². The normalized spacial score (nSPS) is 13.4. The van der Waals surface area contributed by atoms with E-state index in [9.17, 15) is 14.4 Å². The van der Waals surface area contributed by atoms with Crippen molar-refractivity contribution in [2.45, 2.75) is 175 Å². The number of allylic oxidation sites excluding steroid dienone is 24. The molecule has 1 atom stereocenters. The lowest BCUT2D eigenvalue weighted by atomic mass is 10.1. The Morgan fingerprint density at radius 3 is 1.06 bits per heavy atom. The van der Waals surface area contributed by atoms with Crippen molar-refractivity contribution < 1.29 is 28.6 Å². The summed E-state index contributed by atoms with van der Waals surface area (Å²) in [7, 11) is 0. The molecule has 0 aliphatic rings. The second kappa shape index (κ2) is 49.0. The number of unbranched alkanes of at least 4 members (excludes halogenated alkanes) is 14. The van der Waals surface area contributed by atoms with Crippen LogP contribution in [0.4, 0.5) is 0 Å². The van der Waals surface area contributed by atoms with Gasteiger partial charge in [-0.25, -0.2) is 0 Å². The SMILES string of the molecule is CC/C=C/C=C/C=C/C=C/C=C/CCCC(=O)OCC(COC(=O)CCCCCCC/C=C/C=C/CCCCCCCCC)OC(=O)CCC/C=C/C=C/C=C/C=C/C=C/CC. The molecule has 0 aromatic rings. The Hall–Kier alpha value is -4.71. The van der Waals surface area contributed by atoms with E-state index in [1.807, 2.05) is 109 Å². The van der Waals surface area contributed by atoms with E-state index in [-0.39, 0.29) is 38.0 Å². The van der Waals surface area contributed by atoms with Gasteiger partial charge in [0.15, 0.2) is 6.10 Å². The van der Waals surface area contributed by atoms with Crippen molar-refractivity contribution in [3.63, 3.8) is 0 Å². The molecule has 0 radical (unpaired) electrons. The summed E-state index contributed by atoms with van der Waals surface area (Å²) in [6.07, 6.45) is 69.9. The van der Waals surface area contributed by atoms with Gasteiger partial charge in [0.25, 0.3) is 0 Å². The molecular formula is C56H84O6. The zero-order valence-corrected chi connectivity index (χ0v) is 39.1. The Balaban J connectivity index is 4.62. The number of esters is 3. The summed E-state index contributed by atoms with van der Waals surface area (Å²) in [5, 5.41) is 0. The highest BCUT2D eigenvalue weighted by Gasteiger charge is 2.19. The van der Waals surface area contributed by atoms with Crippen molar-refractivity contribution in [2.24, 2.45) is 0 Å². The molecule has 344 valence electrons. The van der Waals surface area contributed by atoms with Crippen LogP contribution in [-0.4, -0.2) is 37.2 Å². The molecule has 0 bridgehead atoms. The molecule has 6 heteroatoms. The van der Waals surface area contributed by atoms with Crippen LogP contribution in [0.2, 0.25) is 0 Å². The summed E-state index contributed by atoms with van der Waals surface area (Å²) in [6.45, 7) is 6.16. The third kappa shape index (κ3) is 46.4. The summed E-state index contributed by atoms with van der Waals surface area (Å²) in [6, 6.07) is 0. The lowest BCUT2D eigenvalue weighted by molar-refractivity contribution is -0.167. The minimum Gasteiger partial charge on any atom is -0.462 e. The molecule has 0 rings (SSSR count). The summed E-state index contributed by atoms with van der Waals surface area (Å²) in [5.74, 6) is -1.13. The van der Waals surface area contributed by atoms with Crippen LogP contribution in [0.3, 0.4) is 0 Å². The maximum atomic E-state index is 12.7. The monoisotopic (exact) mass is 853 g/mol. The van der Waals surface area contributed by atoms with Crippen LogP contribution in [0.1, 0.15) is 168 Å². The fourth-order valence-electron chi connectivity index (χ4n) is 5.79. The summed E-state index contributed by atoms with van der Waals surface area (Å²) in [5.41, 5.74) is 0. The average molecular weight is 853 g/mol. The fraction of sp³-hybridized carbons (Fsp3) is 0.518. The average Bonchev–Trinajstić information content (AvgIpc) is 3.27. The number of rotatable bonds is 40. The van der Waals surface area contributed by atoms with E-state index in [1.54, 1.807) is 0 Å². The van der Waals surface area contributed by atoms with E-state index in [0.29, 0.717) is 25.7 Å². The van der Waals surface area contributed by atoms with E-state index >= 15 is 0 Å². The highest BCUT2D eigenvalue weighted by molar-refractivity contribution is 5.71. The van der Waals surface area contributed by atoms with Crippen LogP contribution in [0.25, 0.3) is 0 Å². The molecule has 0 heterocycles. The molecule has 6 nitrogen and oxygen atoms in total. The van der Waals surface area contributed by atoms with Crippen LogP contribution >= 0.6 is 0 Å². The second-order valence-electron chi connectivity index (χ2n) is 15.2. The van der Waals surface area contributed by atoms with Gasteiger partial charge in [-0.2, -0.15) is 0 Å². The standard InChI is InChI=1S/C56H84O6/c1-4-7-10-13-16-19-22-25-26-27-28-29-32-34-37-40-43-46-49-55(58)61-52-53(62-56(59)50-47-44-41-38-35-31-24-21-18-15-12-9-6-3)51-60-54(57)48-45-42-39-36-33-30-23-20-17-14-11-8-5-2/h8-9,11-12,14-15,17-18,20-21,23-24,26-31,33,35-36,38-39,41,53H,4-7,10,13,16,19,22,25,32,34,37,40,42-52H2,1-3H3/b11-8+,12-9+,17-14+,18-15+,23-20+,24-21+,27-26+,29-28+,33-30+,35-31+,39-36+,41-38+. The first-order valence-corrected chi connectivity index (χ1v) is 24.0. The summed E-state index contributed by atoms with van der Waals surface area (Å²) in [4.78, 5) is 37.8. The molecule has 0 aliphatic heterocycles. The van der Waals surface area contributed by atoms with E-state index in [2.05, 4.69) is 57.2 Å². The van der Waals surface area contributed by atoms with E-state index in [4.69, 9.17) is 14.2 Å². The Morgan fingerprint density at radius 2 is 0.645 bits per heavy atom. The van der Waals surface area contributed by atoms with Crippen LogP contribution in [0.15, 0.2) is 146 Å². The van der Waals surface area contributed by atoms with Crippen LogP contribution in [0, 0.1) is 0 Å². The molecular weight excluding hydrogens is 769 g/mol. The molecule has 0 aromatic heterocycles. The third-order valence-corrected chi connectivity index (χ3v) is 9.34. The summed E-state index contributed by atoms with van der Waals surface area (Å²) < 4.78 is 16.6. The topological polar surface area (TPSA) is 78.9 Å². The molecule has 0 aromatic carbocycles. The maximum absolute atomic E-state index is 12.7. The Kier molecular flexibility index (Phi) is 45.2. The second-order valence-corrected chi connectivity index (χ2v) is 15.2. The first kappa shape index (κ1) is 57.3. The minimum absolute atomic E-state index is 0.144. The number of ether oxygens (including phenoxy) is 3. The van der Waals surface area contributed by atoms with Gasteiger partial charge in [0.1, 0.15) is 13.2 Å². The lowest BCUT2D eigenvalue weighted by Gasteiger charge is -2.18. The largest absolute Gasteiger partial charge is 0.462 e. The van der Waals surface area contributed by atoms with Crippen molar-refractivity contribution in [1.82, 2.24) is 0 Å². The van der Waals surface area contributed by atoms with Gasteiger partial charge in [0.2, 0.25) is 0 Å². The molecule has 0 spiro atoms. The third-order valence-electron chi connectivity index (χ3n) is 9.34. The molecule has 0 saturated carbocycles. The molecule has 0 amide bonds. The molecule has 0 aliphatic carbocycles.